The zero-order valence-electron chi connectivity index (χ0n) is 11.0. The van der Waals surface area contributed by atoms with E-state index in [1.807, 2.05) is 17.9 Å². The van der Waals surface area contributed by atoms with E-state index in [2.05, 4.69) is 23.1 Å². The van der Waals surface area contributed by atoms with Crippen LogP contribution in [0.15, 0.2) is 12.4 Å². The minimum Gasteiger partial charge on any atom is -0.330 e. The van der Waals surface area contributed by atoms with Crippen LogP contribution in [-0.2, 0) is 13.6 Å². The van der Waals surface area contributed by atoms with Crippen molar-refractivity contribution in [1.29, 1.82) is 0 Å². The number of aromatic nitrogens is 2. The average Bonchev–Trinajstić information content (AvgIpc) is 2.94. The first-order chi connectivity index (χ1) is 8.24. The lowest BCUT2D eigenvalue weighted by Gasteiger charge is -2.31. The molecule has 17 heavy (non-hydrogen) atoms. The van der Waals surface area contributed by atoms with Gasteiger partial charge in [0.05, 0.1) is 6.20 Å². The fraction of sp³-hybridized carbons (Fsp3) is 0.769. The molecule has 4 heteroatoms. The number of rotatable bonds is 5. The molecule has 1 aromatic rings. The van der Waals surface area contributed by atoms with E-state index in [1.165, 1.54) is 24.8 Å². The lowest BCUT2D eigenvalue weighted by molar-refractivity contribution is 0.162. The summed E-state index contributed by atoms with van der Waals surface area (Å²) in [6.45, 7) is 5.16. The molecule has 0 aliphatic heterocycles. The van der Waals surface area contributed by atoms with Gasteiger partial charge in [-0.1, -0.05) is 13.3 Å². The van der Waals surface area contributed by atoms with E-state index in [0.29, 0.717) is 12.0 Å². The van der Waals surface area contributed by atoms with E-state index in [4.69, 9.17) is 5.73 Å². The molecule has 96 valence electrons. The lowest BCUT2D eigenvalue weighted by Crippen LogP contribution is -2.39. The first kappa shape index (κ1) is 12.6. The second kappa shape index (κ2) is 5.65. The van der Waals surface area contributed by atoms with Crippen molar-refractivity contribution in [3.63, 3.8) is 0 Å². The van der Waals surface area contributed by atoms with Gasteiger partial charge in [0.1, 0.15) is 0 Å². The van der Waals surface area contributed by atoms with Crippen LogP contribution in [0, 0.1) is 5.92 Å². The summed E-state index contributed by atoms with van der Waals surface area (Å²) in [5.41, 5.74) is 7.17. The van der Waals surface area contributed by atoms with Gasteiger partial charge >= 0.3 is 0 Å². The number of hydrogen-bond donors (Lipinski definition) is 1. The Bertz CT molecular complexity index is 347. The molecule has 2 rings (SSSR count). The van der Waals surface area contributed by atoms with Crippen LogP contribution in [0.5, 0.6) is 0 Å². The van der Waals surface area contributed by atoms with Crippen LogP contribution >= 0.6 is 0 Å². The highest BCUT2D eigenvalue weighted by molar-refractivity contribution is 5.04. The molecule has 1 fully saturated rings. The molecule has 2 N–H and O–H groups in total. The molecule has 0 saturated heterocycles. The first-order valence-electron chi connectivity index (χ1n) is 6.66. The fourth-order valence-electron chi connectivity index (χ4n) is 3.02. The Hall–Kier alpha value is -0.870. The minimum atomic E-state index is 0.671. The fourth-order valence-corrected chi connectivity index (χ4v) is 3.02. The van der Waals surface area contributed by atoms with E-state index in [0.717, 1.165) is 19.6 Å². The Morgan fingerprint density at radius 3 is 2.94 bits per heavy atom. The molecular formula is C13H24N4. The van der Waals surface area contributed by atoms with Crippen molar-refractivity contribution >= 4 is 0 Å². The van der Waals surface area contributed by atoms with Crippen LogP contribution in [-0.4, -0.2) is 33.8 Å². The third-order valence-corrected chi connectivity index (χ3v) is 3.94. The topological polar surface area (TPSA) is 47.1 Å². The quantitative estimate of drug-likeness (QED) is 0.840. The molecule has 1 aliphatic rings. The second-order valence-electron chi connectivity index (χ2n) is 5.08. The third-order valence-electron chi connectivity index (χ3n) is 3.94. The van der Waals surface area contributed by atoms with Crippen LogP contribution in [0.1, 0.15) is 31.7 Å². The number of hydrogen-bond acceptors (Lipinski definition) is 3. The highest BCUT2D eigenvalue weighted by Crippen LogP contribution is 2.29. The molecule has 0 amide bonds. The predicted octanol–water partition coefficient (Wildman–Crippen LogP) is 1.37. The first-order valence-corrected chi connectivity index (χ1v) is 6.66. The van der Waals surface area contributed by atoms with Crippen LogP contribution in [0.4, 0.5) is 0 Å². The van der Waals surface area contributed by atoms with Gasteiger partial charge in [-0.05, 0) is 31.8 Å². The average molecular weight is 236 g/mol. The molecule has 0 aromatic carbocycles. The van der Waals surface area contributed by atoms with Gasteiger partial charge in [-0.2, -0.15) is 5.10 Å². The summed E-state index contributed by atoms with van der Waals surface area (Å²) in [6, 6.07) is 0.671. The van der Waals surface area contributed by atoms with Crippen molar-refractivity contribution in [1.82, 2.24) is 14.7 Å². The Morgan fingerprint density at radius 2 is 2.35 bits per heavy atom. The largest absolute Gasteiger partial charge is 0.330 e. The van der Waals surface area contributed by atoms with Crippen molar-refractivity contribution in [2.75, 3.05) is 13.1 Å². The van der Waals surface area contributed by atoms with Gasteiger partial charge in [0.2, 0.25) is 0 Å². The number of aryl methyl sites for hydroxylation is 1. The molecule has 1 aliphatic carbocycles. The molecule has 4 nitrogen and oxygen atoms in total. The van der Waals surface area contributed by atoms with E-state index in [-0.39, 0.29) is 0 Å². The van der Waals surface area contributed by atoms with Crippen LogP contribution in [0.25, 0.3) is 0 Å². The summed E-state index contributed by atoms with van der Waals surface area (Å²) >= 11 is 0. The molecule has 1 heterocycles. The molecule has 0 radical (unpaired) electrons. The minimum absolute atomic E-state index is 0.671. The van der Waals surface area contributed by atoms with Crippen molar-refractivity contribution in [3.8, 4) is 0 Å². The van der Waals surface area contributed by atoms with Crippen LogP contribution in [0.3, 0.4) is 0 Å². The number of nitrogens with two attached hydrogens (primary N) is 1. The Kier molecular flexibility index (Phi) is 4.18. The molecular weight excluding hydrogens is 212 g/mol. The van der Waals surface area contributed by atoms with Gasteiger partial charge in [-0.3, -0.25) is 9.58 Å². The summed E-state index contributed by atoms with van der Waals surface area (Å²) in [5.74, 6) is 0.687. The summed E-state index contributed by atoms with van der Waals surface area (Å²) in [6.07, 6.45) is 8.00. The normalized spacial score (nSPS) is 24.7. The monoisotopic (exact) mass is 236 g/mol. The van der Waals surface area contributed by atoms with Crippen LogP contribution < -0.4 is 5.73 Å². The Balaban J connectivity index is 2.00. The van der Waals surface area contributed by atoms with Crippen molar-refractivity contribution < 1.29 is 0 Å². The van der Waals surface area contributed by atoms with E-state index < -0.39 is 0 Å². The van der Waals surface area contributed by atoms with Gasteiger partial charge in [0.15, 0.2) is 0 Å². The maximum Gasteiger partial charge on any atom is 0.0534 e. The zero-order chi connectivity index (χ0) is 12.3. The van der Waals surface area contributed by atoms with E-state index >= 15 is 0 Å². The third kappa shape index (κ3) is 2.87. The molecule has 0 bridgehead atoms. The lowest BCUT2D eigenvalue weighted by atomic mass is 10.0. The van der Waals surface area contributed by atoms with Gasteiger partial charge in [0.25, 0.3) is 0 Å². The molecule has 2 atom stereocenters. The summed E-state index contributed by atoms with van der Waals surface area (Å²) < 4.78 is 1.87. The Labute approximate surface area is 104 Å². The molecule has 2 unspecified atom stereocenters. The summed E-state index contributed by atoms with van der Waals surface area (Å²) in [7, 11) is 1.97. The maximum atomic E-state index is 5.87. The van der Waals surface area contributed by atoms with Crippen molar-refractivity contribution in [3.05, 3.63) is 18.0 Å². The van der Waals surface area contributed by atoms with Gasteiger partial charge < -0.3 is 5.73 Å². The summed E-state index contributed by atoms with van der Waals surface area (Å²) in [5, 5.41) is 4.24. The smallest absolute Gasteiger partial charge is 0.0534 e. The van der Waals surface area contributed by atoms with Crippen molar-refractivity contribution in [2.45, 2.75) is 38.8 Å². The Morgan fingerprint density at radius 1 is 1.53 bits per heavy atom. The van der Waals surface area contributed by atoms with E-state index in [9.17, 15) is 0 Å². The van der Waals surface area contributed by atoms with Gasteiger partial charge in [-0.25, -0.2) is 0 Å². The van der Waals surface area contributed by atoms with Crippen molar-refractivity contribution in [2.24, 2.45) is 18.7 Å². The predicted molar refractivity (Wildman–Crippen MR) is 69.5 cm³/mol. The molecule has 1 aromatic heterocycles. The van der Waals surface area contributed by atoms with Gasteiger partial charge in [-0.15, -0.1) is 0 Å². The molecule has 0 spiro atoms. The zero-order valence-corrected chi connectivity index (χ0v) is 11.0. The maximum absolute atomic E-state index is 5.87. The SMILES string of the molecule is CCN(Cc1cnn(C)c1)C1CCCC1CN. The highest BCUT2D eigenvalue weighted by Gasteiger charge is 2.30. The standard InChI is InChI=1S/C13H24N4/c1-3-17(10-11-8-15-16(2)9-11)13-6-4-5-12(13)7-14/h8-9,12-13H,3-7,10,14H2,1-2H3. The van der Waals surface area contributed by atoms with Gasteiger partial charge in [0, 0.05) is 31.4 Å². The highest BCUT2D eigenvalue weighted by atomic mass is 15.2. The number of nitrogens with zero attached hydrogens (tertiary/aromatic N) is 3. The second-order valence-corrected chi connectivity index (χ2v) is 5.08. The van der Waals surface area contributed by atoms with Crippen LogP contribution in [0.2, 0.25) is 0 Å². The summed E-state index contributed by atoms with van der Waals surface area (Å²) in [4.78, 5) is 2.56. The molecule has 1 saturated carbocycles. The van der Waals surface area contributed by atoms with E-state index in [1.54, 1.807) is 0 Å².